The van der Waals surface area contributed by atoms with Gasteiger partial charge in [0, 0.05) is 19.3 Å². The fraction of sp³-hybridized carbons (Fsp3) is 0.714. The summed E-state index contributed by atoms with van der Waals surface area (Å²) in [7, 11) is 0. The van der Waals surface area contributed by atoms with Gasteiger partial charge in [-0.3, -0.25) is 9.48 Å². The molecule has 3 rings (SSSR count). The first-order valence-corrected chi connectivity index (χ1v) is 8.20. The van der Waals surface area contributed by atoms with Gasteiger partial charge in [-0.2, -0.15) is 5.10 Å². The molecule has 0 bridgehead atoms. The van der Waals surface area contributed by atoms with Crippen molar-refractivity contribution in [1.82, 2.24) is 20.0 Å². The number of likely N-dealkylation sites (tertiary alicyclic amines) is 1. The number of piperidine rings is 1. The summed E-state index contributed by atoms with van der Waals surface area (Å²) < 4.78 is 3.03. The van der Waals surface area contributed by atoms with Crippen molar-refractivity contribution >= 4 is 21.8 Å². The van der Waals surface area contributed by atoms with Crippen LogP contribution in [-0.4, -0.2) is 46.8 Å². The molecular weight excluding hydrogens is 320 g/mol. The largest absolute Gasteiger partial charge is 0.341 e. The zero-order chi connectivity index (χ0) is 13.9. The molecule has 0 spiro atoms. The number of hydrogen-bond donors (Lipinski definition) is 1. The third-order valence-electron chi connectivity index (χ3n) is 4.17. The minimum absolute atomic E-state index is 0.241. The molecule has 0 unspecified atom stereocenters. The highest BCUT2D eigenvalue weighted by Gasteiger charge is 2.25. The molecule has 6 heteroatoms. The highest BCUT2D eigenvalue weighted by Crippen LogP contribution is 2.27. The Morgan fingerprint density at radius 2 is 2.10 bits per heavy atom. The maximum atomic E-state index is 12.1. The fourth-order valence-electron chi connectivity index (χ4n) is 2.71. The average Bonchev–Trinajstić information content (AvgIpc) is 3.18. The lowest BCUT2D eigenvalue weighted by Gasteiger charge is -2.32. The van der Waals surface area contributed by atoms with Gasteiger partial charge in [-0.25, -0.2) is 0 Å². The molecule has 1 aromatic rings. The van der Waals surface area contributed by atoms with Gasteiger partial charge in [-0.05, 0) is 54.1 Å². The Bertz CT molecular complexity index is 463. The quantitative estimate of drug-likeness (QED) is 0.889. The van der Waals surface area contributed by atoms with Crippen molar-refractivity contribution in [2.75, 3.05) is 26.2 Å². The van der Waals surface area contributed by atoms with E-state index in [9.17, 15) is 4.79 Å². The first kappa shape index (κ1) is 14.1. The Hall–Kier alpha value is -0.880. The first-order valence-electron chi connectivity index (χ1n) is 7.40. The summed E-state index contributed by atoms with van der Waals surface area (Å²) in [6, 6.07) is 0.421. The van der Waals surface area contributed by atoms with Gasteiger partial charge >= 0.3 is 0 Å². The van der Waals surface area contributed by atoms with Gasteiger partial charge < -0.3 is 10.2 Å². The van der Waals surface area contributed by atoms with Crippen LogP contribution in [0.2, 0.25) is 0 Å². The van der Waals surface area contributed by atoms with Gasteiger partial charge in [0.1, 0.15) is 0 Å². The van der Waals surface area contributed by atoms with Crippen LogP contribution < -0.4 is 5.32 Å². The molecule has 2 fully saturated rings. The van der Waals surface area contributed by atoms with Gasteiger partial charge in [-0.1, -0.05) is 0 Å². The molecule has 1 aromatic heterocycles. The Morgan fingerprint density at radius 1 is 1.35 bits per heavy atom. The number of nitrogens with zero attached hydrogens (tertiary/aromatic N) is 3. The highest BCUT2D eigenvalue weighted by atomic mass is 79.9. The summed E-state index contributed by atoms with van der Waals surface area (Å²) in [6.45, 7) is 3.18. The van der Waals surface area contributed by atoms with E-state index in [-0.39, 0.29) is 5.91 Å². The molecule has 20 heavy (non-hydrogen) atoms. The van der Waals surface area contributed by atoms with Crippen molar-refractivity contribution in [3.63, 3.8) is 0 Å². The van der Waals surface area contributed by atoms with Crippen LogP contribution >= 0.6 is 15.9 Å². The predicted octanol–water partition coefficient (Wildman–Crippen LogP) is 1.81. The minimum atomic E-state index is 0.241. The fourth-order valence-corrected chi connectivity index (χ4v) is 3.01. The highest BCUT2D eigenvalue weighted by molar-refractivity contribution is 9.10. The zero-order valence-electron chi connectivity index (χ0n) is 11.6. The molecule has 5 nitrogen and oxygen atoms in total. The maximum absolute atomic E-state index is 12.1. The third-order valence-corrected chi connectivity index (χ3v) is 4.58. The summed E-state index contributed by atoms with van der Waals surface area (Å²) >= 11 is 3.42. The molecule has 0 aromatic carbocycles. The molecule has 1 saturated carbocycles. The van der Waals surface area contributed by atoms with Crippen LogP contribution in [0.4, 0.5) is 0 Å². The Balaban J connectivity index is 1.41. The van der Waals surface area contributed by atoms with Crippen LogP contribution in [0.15, 0.2) is 16.9 Å². The van der Waals surface area contributed by atoms with Crippen LogP contribution in [0.3, 0.4) is 0 Å². The summed E-state index contributed by atoms with van der Waals surface area (Å²) in [5.41, 5.74) is 0. The Morgan fingerprint density at radius 3 is 2.70 bits per heavy atom. The second-order valence-corrected chi connectivity index (χ2v) is 6.74. The SMILES string of the molecule is O=C(CNCC1CC1)N1CCC(n2cc(Br)cn2)CC1. The second-order valence-electron chi connectivity index (χ2n) is 5.82. The summed E-state index contributed by atoms with van der Waals surface area (Å²) in [5, 5.41) is 7.61. The molecule has 0 radical (unpaired) electrons. The van der Waals surface area contributed by atoms with E-state index in [0.717, 1.165) is 42.9 Å². The van der Waals surface area contributed by atoms with Gasteiger partial charge in [-0.15, -0.1) is 0 Å². The number of hydrogen-bond acceptors (Lipinski definition) is 3. The second kappa shape index (κ2) is 6.26. The van der Waals surface area contributed by atoms with Crippen molar-refractivity contribution < 1.29 is 4.79 Å². The summed E-state index contributed by atoms with van der Waals surface area (Å²) in [6.07, 6.45) is 8.46. The monoisotopic (exact) mass is 340 g/mol. The molecule has 1 N–H and O–H groups in total. The molecule has 110 valence electrons. The lowest BCUT2D eigenvalue weighted by molar-refractivity contribution is -0.131. The maximum Gasteiger partial charge on any atom is 0.236 e. The van der Waals surface area contributed by atoms with Gasteiger partial charge in [0.15, 0.2) is 0 Å². The third kappa shape index (κ3) is 3.61. The average molecular weight is 341 g/mol. The normalized spacial score (nSPS) is 20.4. The van der Waals surface area contributed by atoms with Crippen LogP contribution in [0.1, 0.15) is 31.7 Å². The van der Waals surface area contributed by atoms with Gasteiger partial charge in [0.2, 0.25) is 5.91 Å². The van der Waals surface area contributed by atoms with Gasteiger partial charge in [0.25, 0.3) is 0 Å². The Labute approximate surface area is 127 Å². The van der Waals surface area contributed by atoms with E-state index >= 15 is 0 Å². The van der Waals surface area contributed by atoms with E-state index in [1.807, 2.05) is 22.0 Å². The first-order chi connectivity index (χ1) is 9.72. The number of nitrogens with one attached hydrogen (secondary N) is 1. The molecule has 1 aliphatic heterocycles. The van der Waals surface area contributed by atoms with Crippen molar-refractivity contribution in [3.05, 3.63) is 16.9 Å². The van der Waals surface area contributed by atoms with Gasteiger partial charge in [0.05, 0.1) is 23.3 Å². The van der Waals surface area contributed by atoms with E-state index in [2.05, 4.69) is 26.3 Å². The Kier molecular flexibility index (Phi) is 4.41. The van der Waals surface area contributed by atoms with Crippen LogP contribution in [0.25, 0.3) is 0 Å². The van der Waals surface area contributed by atoms with Crippen LogP contribution in [-0.2, 0) is 4.79 Å². The van der Waals surface area contributed by atoms with Crippen molar-refractivity contribution in [2.24, 2.45) is 5.92 Å². The van der Waals surface area contributed by atoms with E-state index < -0.39 is 0 Å². The molecule has 1 aliphatic carbocycles. The lowest BCUT2D eigenvalue weighted by Crippen LogP contribution is -2.43. The molecule has 0 atom stereocenters. The molecule has 2 aliphatic rings. The number of rotatable bonds is 5. The topological polar surface area (TPSA) is 50.2 Å². The van der Waals surface area contributed by atoms with E-state index in [4.69, 9.17) is 0 Å². The number of amides is 1. The van der Waals surface area contributed by atoms with E-state index in [1.54, 1.807) is 0 Å². The zero-order valence-corrected chi connectivity index (χ0v) is 13.2. The van der Waals surface area contributed by atoms with Crippen LogP contribution in [0, 0.1) is 5.92 Å². The molecular formula is C14H21BrN4O. The van der Waals surface area contributed by atoms with Crippen molar-refractivity contribution in [2.45, 2.75) is 31.7 Å². The molecule has 2 heterocycles. The number of carbonyl (C=O) groups is 1. The molecule has 1 amide bonds. The minimum Gasteiger partial charge on any atom is -0.341 e. The predicted molar refractivity (Wildman–Crippen MR) is 80.4 cm³/mol. The summed E-state index contributed by atoms with van der Waals surface area (Å²) in [5.74, 6) is 1.07. The standard InChI is InChI=1S/C14H21BrN4O/c15-12-8-17-19(10-12)13-3-5-18(6-4-13)14(20)9-16-7-11-1-2-11/h8,10-11,13,16H,1-7,9H2. The number of aromatic nitrogens is 2. The van der Waals surface area contributed by atoms with E-state index in [1.165, 1.54) is 12.8 Å². The lowest BCUT2D eigenvalue weighted by atomic mass is 10.1. The smallest absolute Gasteiger partial charge is 0.236 e. The van der Waals surface area contributed by atoms with Crippen LogP contribution in [0.5, 0.6) is 0 Å². The van der Waals surface area contributed by atoms with Crippen molar-refractivity contribution in [3.8, 4) is 0 Å². The van der Waals surface area contributed by atoms with Crippen molar-refractivity contribution in [1.29, 1.82) is 0 Å². The molecule has 1 saturated heterocycles. The number of halogens is 1. The summed E-state index contributed by atoms with van der Waals surface area (Å²) in [4.78, 5) is 14.1. The van der Waals surface area contributed by atoms with E-state index in [0.29, 0.717) is 12.6 Å². The number of carbonyl (C=O) groups excluding carboxylic acids is 1.